The fraction of sp³-hybridized carbons (Fsp3) is 0. The molecule has 2 aromatic heterocycles. The van der Waals surface area contributed by atoms with Crippen LogP contribution in [0.15, 0.2) is 36.5 Å². The lowest BCUT2D eigenvalue weighted by atomic mass is 10.1. The van der Waals surface area contributed by atoms with Crippen molar-refractivity contribution in [3.8, 4) is 11.3 Å². The van der Waals surface area contributed by atoms with Gasteiger partial charge in [0, 0.05) is 17.1 Å². The molecule has 0 aliphatic heterocycles. The molecule has 1 aromatic carbocycles. The van der Waals surface area contributed by atoms with Crippen molar-refractivity contribution < 1.29 is 4.39 Å². The van der Waals surface area contributed by atoms with Gasteiger partial charge < -0.3 is 11.1 Å². The summed E-state index contributed by atoms with van der Waals surface area (Å²) in [5.74, 6) is 0.130. The van der Waals surface area contributed by atoms with Crippen LogP contribution < -0.4 is 11.1 Å². The van der Waals surface area contributed by atoms with Crippen LogP contribution in [0.1, 0.15) is 0 Å². The first-order valence-corrected chi connectivity index (χ1v) is 6.21. The summed E-state index contributed by atoms with van der Waals surface area (Å²) in [4.78, 5) is 4.05. The average Bonchev–Trinajstić information content (AvgIpc) is 2.81. The third-order valence-corrected chi connectivity index (χ3v) is 2.94. The summed E-state index contributed by atoms with van der Waals surface area (Å²) in [6.45, 7) is 0. The fourth-order valence-corrected chi connectivity index (χ4v) is 2.07. The average molecular weight is 287 g/mol. The first kappa shape index (κ1) is 12.5. The Bertz CT molecular complexity index is 798. The molecule has 0 saturated carbocycles. The third-order valence-electron chi connectivity index (χ3n) is 2.84. The quantitative estimate of drug-likeness (QED) is 0.631. The Kier molecular flexibility index (Phi) is 3.03. The topological polar surface area (TPSA) is 79.6 Å². The molecule has 5 nitrogen and oxygen atoms in total. The number of halogens is 1. The van der Waals surface area contributed by atoms with Gasteiger partial charge in [-0.3, -0.25) is 10.1 Å². The molecule has 0 bridgehead atoms. The standard InChI is InChI=1S/C13H10FN5S/c14-9-2-1-5-16-11(9)7-3-4-10-8(6-7)12(19-18-10)17-13(15)20/h1-6H,(H4,15,17,18,19,20). The van der Waals surface area contributed by atoms with Gasteiger partial charge in [0.25, 0.3) is 0 Å². The lowest BCUT2D eigenvalue weighted by Gasteiger charge is -2.03. The number of H-pyrrole nitrogens is 1. The Hall–Kier alpha value is -2.54. The summed E-state index contributed by atoms with van der Waals surface area (Å²) in [7, 11) is 0. The minimum absolute atomic E-state index is 0.118. The first-order valence-electron chi connectivity index (χ1n) is 5.80. The highest BCUT2D eigenvalue weighted by molar-refractivity contribution is 7.80. The molecule has 0 radical (unpaired) electrons. The number of aromatic amines is 1. The molecule has 0 spiro atoms. The van der Waals surface area contributed by atoms with Crippen LogP contribution in [0.2, 0.25) is 0 Å². The van der Waals surface area contributed by atoms with Crippen molar-refractivity contribution in [2.45, 2.75) is 0 Å². The molecule has 3 aromatic rings. The second kappa shape index (κ2) is 4.86. The maximum atomic E-state index is 13.8. The second-order valence-corrected chi connectivity index (χ2v) is 4.60. The molecule has 0 saturated heterocycles. The number of aromatic nitrogens is 3. The number of anilines is 1. The summed E-state index contributed by atoms with van der Waals surface area (Å²) in [5, 5.41) is 10.6. The minimum Gasteiger partial charge on any atom is -0.376 e. The molecule has 0 amide bonds. The van der Waals surface area contributed by atoms with Crippen molar-refractivity contribution >= 4 is 34.1 Å². The molecule has 7 heteroatoms. The summed E-state index contributed by atoms with van der Waals surface area (Å²) < 4.78 is 13.8. The number of fused-ring (bicyclic) bond motifs is 1. The van der Waals surface area contributed by atoms with Crippen LogP contribution in [-0.2, 0) is 0 Å². The van der Waals surface area contributed by atoms with Gasteiger partial charge in [0.15, 0.2) is 10.9 Å². The number of nitrogens with one attached hydrogen (secondary N) is 2. The van der Waals surface area contributed by atoms with Gasteiger partial charge in [-0.2, -0.15) is 5.10 Å². The largest absolute Gasteiger partial charge is 0.376 e. The highest BCUT2D eigenvalue weighted by atomic mass is 32.1. The minimum atomic E-state index is -0.376. The molecule has 20 heavy (non-hydrogen) atoms. The lowest BCUT2D eigenvalue weighted by molar-refractivity contribution is 0.626. The van der Waals surface area contributed by atoms with E-state index in [1.54, 1.807) is 30.5 Å². The number of rotatable bonds is 2. The van der Waals surface area contributed by atoms with E-state index >= 15 is 0 Å². The normalized spacial score (nSPS) is 10.7. The highest BCUT2D eigenvalue weighted by Crippen LogP contribution is 2.27. The van der Waals surface area contributed by atoms with Gasteiger partial charge in [0.2, 0.25) is 0 Å². The SMILES string of the molecule is NC(=S)Nc1n[nH]c2ccc(-c3ncccc3F)cc12. The van der Waals surface area contributed by atoms with E-state index in [1.807, 2.05) is 0 Å². The molecule has 100 valence electrons. The second-order valence-electron chi connectivity index (χ2n) is 4.16. The number of benzene rings is 1. The maximum absolute atomic E-state index is 13.8. The van der Waals surface area contributed by atoms with Crippen molar-refractivity contribution in [2.75, 3.05) is 5.32 Å². The fourth-order valence-electron chi connectivity index (χ4n) is 1.97. The van der Waals surface area contributed by atoms with Crippen molar-refractivity contribution in [1.82, 2.24) is 15.2 Å². The number of pyridine rings is 1. The smallest absolute Gasteiger partial charge is 0.169 e. The van der Waals surface area contributed by atoms with Gasteiger partial charge in [0.1, 0.15) is 11.5 Å². The van der Waals surface area contributed by atoms with Crippen molar-refractivity contribution in [1.29, 1.82) is 0 Å². The Morgan fingerprint density at radius 1 is 1.35 bits per heavy atom. The lowest BCUT2D eigenvalue weighted by Crippen LogP contribution is -2.19. The number of hydrogen-bond acceptors (Lipinski definition) is 3. The number of nitrogens with zero attached hydrogens (tertiary/aromatic N) is 2. The molecular weight excluding hydrogens is 277 g/mol. The van der Waals surface area contributed by atoms with Crippen LogP contribution in [0.5, 0.6) is 0 Å². The van der Waals surface area contributed by atoms with E-state index in [-0.39, 0.29) is 16.6 Å². The van der Waals surface area contributed by atoms with Gasteiger partial charge in [-0.25, -0.2) is 4.39 Å². The van der Waals surface area contributed by atoms with Gasteiger partial charge in [0.05, 0.1) is 5.52 Å². The van der Waals surface area contributed by atoms with E-state index in [1.165, 1.54) is 6.07 Å². The Balaban J connectivity index is 2.14. The first-order chi connectivity index (χ1) is 9.65. The van der Waals surface area contributed by atoms with Gasteiger partial charge >= 0.3 is 0 Å². The van der Waals surface area contributed by atoms with E-state index in [0.717, 1.165) is 10.9 Å². The van der Waals surface area contributed by atoms with Crippen LogP contribution >= 0.6 is 12.2 Å². The van der Waals surface area contributed by atoms with Gasteiger partial charge in [-0.05, 0) is 36.5 Å². The summed E-state index contributed by atoms with van der Waals surface area (Å²) in [6, 6.07) is 8.28. The van der Waals surface area contributed by atoms with Crippen LogP contribution in [0.25, 0.3) is 22.2 Å². The zero-order valence-electron chi connectivity index (χ0n) is 10.2. The number of thiocarbonyl (C=S) groups is 1. The van der Waals surface area contributed by atoms with Crippen LogP contribution in [0, 0.1) is 5.82 Å². The van der Waals surface area contributed by atoms with E-state index in [2.05, 4.69) is 20.5 Å². The van der Waals surface area contributed by atoms with Crippen LogP contribution in [0.3, 0.4) is 0 Å². The Morgan fingerprint density at radius 3 is 2.95 bits per heavy atom. The summed E-state index contributed by atoms with van der Waals surface area (Å²) in [5.41, 5.74) is 7.18. The molecular formula is C13H10FN5S. The molecule has 3 rings (SSSR count). The molecule has 4 N–H and O–H groups in total. The number of nitrogens with two attached hydrogens (primary N) is 1. The van der Waals surface area contributed by atoms with Crippen LogP contribution in [-0.4, -0.2) is 20.3 Å². The molecule has 2 heterocycles. The van der Waals surface area contributed by atoms with Gasteiger partial charge in [-0.1, -0.05) is 6.07 Å². The third kappa shape index (κ3) is 2.19. The molecule has 0 fully saturated rings. The molecule has 0 unspecified atom stereocenters. The van der Waals surface area contributed by atoms with E-state index in [4.69, 9.17) is 18.0 Å². The molecule has 0 atom stereocenters. The maximum Gasteiger partial charge on any atom is 0.169 e. The molecule has 0 aliphatic rings. The zero-order valence-corrected chi connectivity index (χ0v) is 11.0. The Morgan fingerprint density at radius 2 is 2.20 bits per heavy atom. The van der Waals surface area contributed by atoms with Gasteiger partial charge in [-0.15, -0.1) is 0 Å². The summed E-state index contributed by atoms with van der Waals surface area (Å²) >= 11 is 4.79. The van der Waals surface area contributed by atoms with Crippen molar-refractivity contribution in [2.24, 2.45) is 5.73 Å². The Labute approximate surface area is 119 Å². The van der Waals surface area contributed by atoms with Crippen molar-refractivity contribution in [3.05, 3.63) is 42.3 Å². The van der Waals surface area contributed by atoms with Crippen LogP contribution in [0.4, 0.5) is 10.2 Å². The monoisotopic (exact) mass is 287 g/mol. The zero-order chi connectivity index (χ0) is 14.1. The van der Waals surface area contributed by atoms with E-state index < -0.39 is 0 Å². The predicted octanol–water partition coefficient (Wildman–Crippen LogP) is 2.42. The summed E-state index contributed by atoms with van der Waals surface area (Å²) in [6.07, 6.45) is 1.55. The van der Waals surface area contributed by atoms with E-state index in [9.17, 15) is 4.39 Å². The predicted molar refractivity (Wildman–Crippen MR) is 79.7 cm³/mol. The molecule has 0 aliphatic carbocycles. The van der Waals surface area contributed by atoms with E-state index in [0.29, 0.717) is 11.4 Å². The highest BCUT2D eigenvalue weighted by Gasteiger charge is 2.10. The number of hydrogen-bond donors (Lipinski definition) is 3. The van der Waals surface area contributed by atoms with Crippen molar-refractivity contribution in [3.63, 3.8) is 0 Å².